The van der Waals surface area contributed by atoms with Crippen molar-refractivity contribution in [2.75, 3.05) is 18.1 Å². The Bertz CT molecular complexity index is 863. The maximum Gasteiger partial charge on any atom is 0.224 e. The number of carbonyl (C=O) groups excluding carboxylic acids is 1. The van der Waals surface area contributed by atoms with Crippen LogP contribution in [0.2, 0.25) is 0 Å². The Balaban J connectivity index is 1.63. The first-order valence-electron chi connectivity index (χ1n) is 8.32. The van der Waals surface area contributed by atoms with Gasteiger partial charge in [0.15, 0.2) is 0 Å². The minimum absolute atomic E-state index is 0.0421. The molecule has 0 fully saturated rings. The Morgan fingerprint density at radius 1 is 1.12 bits per heavy atom. The summed E-state index contributed by atoms with van der Waals surface area (Å²) in [6.45, 7) is 0.872. The van der Waals surface area contributed by atoms with Gasteiger partial charge < -0.3 is 5.32 Å². The zero-order chi connectivity index (χ0) is 17.9. The number of nitrogens with zero attached hydrogens (tertiary/aromatic N) is 1. The smallest absolute Gasteiger partial charge is 0.224 e. The van der Waals surface area contributed by atoms with E-state index in [0.717, 1.165) is 16.7 Å². The van der Waals surface area contributed by atoms with Crippen molar-refractivity contribution in [3.8, 4) is 0 Å². The molecule has 0 aromatic heterocycles. The van der Waals surface area contributed by atoms with Crippen molar-refractivity contribution in [3.05, 3.63) is 65.2 Å². The van der Waals surface area contributed by atoms with E-state index in [4.69, 9.17) is 0 Å². The average molecular weight is 358 g/mol. The zero-order valence-corrected chi connectivity index (χ0v) is 15.1. The van der Waals surface area contributed by atoms with Gasteiger partial charge >= 0.3 is 0 Å². The molecule has 0 radical (unpaired) electrons. The van der Waals surface area contributed by atoms with Crippen LogP contribution >= 0.6 is 0 Å². The maximum absolute atomic E-state index is 12.2. The number of rotatable bonds is 5. The number of aryl methyl sites for hydroxylation is 1. The van der Waals surface area contributed by atoms with Crippen LogP contribution in [0.1, 0.15) is 23.1 Å². The van der Waals surface area contributed by atoms with Gasteiger partial charge in [-0.1, -0.05) is 36.4 Å². The molecule has 0 saturated carbocycles. The third-order valence-electron chi connectivity index (χ3n) is 4.42. The summed E-state index contributed by atoms with van der Waals surface area (Å²) < 4.78 is 24.9. The number of anilines is 1. The number of fused-ring (bicyclic) bond motifs is 1. The molecule has 0 unspecified atom stereocenters. The maximum atomic E-state index is 12.2. The minimum atomic E-state index is -3.20. The predicted octanol–water partition coefficient (Wildman–Crippen LogP) is 2.58. The van der Waals surface area contributed by atoms with E-state index in [1.165, 1.54) is 10.6 Å². The number of hydrogen-bond acceptors (Lipinski definition) is 3. The monoisotopic (exact) mass is 358 g/mol. The number of sulfonamides is 1. The first kappa shape index (κ1) is 17.6. The fourth-order valence-electron chi connectivity index (χ4n) is 3.02. The third-order valence-corrected chi connectivity index (χ3v) is 5.67. The van der Waals surface area contributed by atoms with Gasteiger partial charge in [0.25, 0.3) is 0 Å². The van der Waals surface area contributed by atoms with E-state index in [2.05, 4.69) is 5.32 Å². The second-order valence-corrected chi connectivity index (χ2v) is 8.35. The fourth-order valence-corrected chi connectivity index (χ4v) is 3.81. The first-order valence-corrected chi connectivity index (χ1v) is 10.2. The largest absolute Gasteiger partial charge is 0.326 e. The molecule has 2 aromatic carbocycles. The second-order valence-electron chi connectivity index (χ2n) is 6.36. The average Bonchev–Trinajstić information content (AvgIpc) is 2.59. The number of benzene rings is 2. The Morgan fingerprint density at radius 2 is 1.88 bits per heavy atom. The summed E-state index contributed by atoms with van der Waals surface area (Å²) in [6, 6.07) is 15.6. The molecule has 1 heterocycles. The van der Waals surface area contributed by atoms with Crippen molar-refractivity contribution in [1.82, 2.24) is 4.31 Å². The van der Waals surface area contributed by atoms with E-state index in [1.807, 2.05) is 48.5 Å². The van der Waals surface area contributed by atoms with Gasteiger partial charge in [-0.25, -0.2) is 8.42 Å². The van der Waals surface area contributed by atoms with Gasteiger partial charge in [-0.05, 0) is 41.7 Å². The van der Waals surface area contributed by atoms with Gasteiger partial charge in [0.1, 0.15) is 0 Å². The Labute approximate surface area is 148 Å². The third kappa shape index (κ3) is 4.67. The highest BCUT2D eigenvalue weighted by Gasteiger charge is 2.23. The zero-order valence-electron chi connectivity index (χ0n) is 14.2. The fraction of sp³-hybridized carbons (Fsp3) is 0.316. The highest BCUT2D eigenvalue weighted by atomic mass is 32.2. The topological polar surface area (TPSA) is 66.5 Å². The first-order chi connectivity index (χ1) is 11.9. The molecule has 0 atom stereocenters. The lowest BCUT2D eigenvalue weighted by atomic mass is 10.0. The van der Waals surface area contributed by atoms with Crippen LogP contribution in [-0.2, 0) is 34.2 Å². The van der Waals surface area contributed by atoms with Crippen LogP contribution in [0.4, 0.5) is 5.69 Å². The molecule has 0 aliphatic carbocycles. The van der Waals surface area contributed by atoms with E-state index in [-0.39, 0.29) is 5.91 Å². The van der Waals surface area contributed by atoms with Crippen molar-refractivity contribution in [2.24, 2.45) is 0 Å². The molecule has 5 nitrogen and oxygen atoms in total. The quantitative estimate of drug-likeness (QED) is 0.893. The van der Waals surface area contributed by atoms with Crippen molar-refractivity contribution in [3.63, 3.8) is 0 Å². The van der Waals surface area contributed by atoms with Gasteiger partial charge in [-0.2, -0.15) is 4.31 Å². The summed E-state index contributed by atoms with van der Waals surface area (Å²) in [5.74, 6) is -0.0421. The molecule has 1 N–H and O–H groups in total. The summed E-state index contributed by atoms with van der Waals surface area (Å²) in [7, 11) is -3.20. The van der Waals surface area contributed by atoms with Crippen molar-refractivity contribution >= 4 is 21.6 Å². The molecular formula is C19H22N2O3S. The van der Waals surface area contributed by atoms with Crippen LogP contribution in [0, 0.1) is 0 Å². The molecule has 3 rings (SSSR count). The van der Waals surface area contributed by atoms with Crippen LogP contribution in [0.25, 0.3) is 0 Å². The molecule has 2 aromatic rings. The number of nitrogens with one attached hydrogen (secondary N) is 1. The highest BCUT2D eigenvalue weighted by molar-refractivity contribution is 7.88. The number of hydrogen-bond donors (Lipinski definition) is 1. The molecule has 1 aliphatic heterocycles. The minimum Gasteiger partial charge on any atom is -0.326 e. The molecule has 1 amide bonds. The lowest BCUT2D eigenvalue weighted by molar-refractivity contribution is -0.116. The van der Waals surface area contributed by atoms with E-state index >= 15 is 0 Å². The lowest BCUT2D eigenvalue weighted by Crippen LogP contribution is -2.35. The van der Waals surface area contributed by atoms with Crippen molar-refractivity contribution in [1.29, 1.82) is 0 Å². The van der Waals surface area contributed by atoms with Gasteiger partial charge in [0.2, 0.25) is 15.9 Å². The molecule has 132 valence electrons. The summed E-state index contributed by atoms with van der Waals surface area (Å²) in [5, 5.41) is 2.91. The predicted molar refractivity (Wildman–Crippen MR) is 98.8 cm³/mol. The normalized spacial score (nSPS) is 14.8. The Hall–Kier alpha value is -2.18. The summed E-state index contributed by atoms with van der Waals surface area (Å²) in [6.07, 6.45) is 3.04. The van der Waals surface area contributed by atoms with Gasteiger partial charge in [-0.15, -0.1) is 0 Å². The van der Waals surface area contributed by atoms with E-state index in [0.29, 0.717) is 38.0 Å². The van der Waals surface area contributed by atoms with Crippen LogP contribution in [-0.4, -0.2) is 31.4 Å². The van der Waals surface area contributed by atoms with Gasteiger partial charge in [-0.3, -0.25) is 4.79 Å². The van der Waals surface area contributed by atoms with Gasteiger partial charge in [0.05, 0.1) is 6.26 Å². The number of carbonyl (C=O) groups is 1. The number of amides is 1. The molecule has 0 saturated heterocycles. The van der Waals surface area contributed by atoms with Crippen LogP contribution in [0.15, 0.2) is 48.5 Å². The summed E-state index contributed by atoms with van der Waals surface area (Å²) >= 11 is 0. The molecule has 0 bridgehead atoms. The molecule has 0 spiro atoms. The van der Waals surface area contributed by atoms with Crippen molar-refractivity contribution < 1.29 is 13.2 Å². The van der Waals surface area contributed by atoms with Crippen LogP contribution in [0.3, 0.4) is 0 Å². The Morgan fingerprint density at radius 3 is 2.60 bits per heavy atom. The van der Waals surface area contributed by atoms with Crippen molar-refractivity contribution in [2.45, 2.75) is 25.8 Å². The van der Waals surface area contributed by atoms with Crippen LogP contribution in [0.5, 0.6) is 0 Å². The standard InChI is InChI=1S/C19H22N2O3S/c1-25(23,24)21-12-11-16-8-9-18(13-17(16)14-21)20-19(22)10-7-15-5-3-2-4-6-15/h2-6,8-9,13H,7,10-12,14H2,1H3,(H,20,22). The lowest BCUT2D eigenvalue weighted by Gasteiger charge is -2.27. The summed E-state index contributed by atoms with van der Waals surface area (Å²) in [5.41, 5.74) is 3.94. The molecule has 1 aliphatic rings. The van der Waals surface area contributed by atoms with Gasteiger partial charge in [0, 0.05) is 25.2 Å². The molecule has 25 heavy (non-hydrogen) atoms. The SMILES string of the molecule is CS(=O)(=O)N1CCc2ccc(NC(=O)CCc3ccccc3)cc2C1. The van der Waals surface area contributed by atoms with E-state index in [9.17, 15) is 13.2 Å². The van der Waals surface area contributed by atoms with E-state index < -0.39 is 10.0 Å². The molecular weight excluding hydrogens is 336 g/mol. The summed E-state index contributed by atoms with van der Waals surface area (Å²) in [4.78, 5) is 12.2. The Kier molecular flexibility index (Phi) is 5.20. The van der Waals surface area contributed by atoms with Crippen LogP contribution < -0.4 is 5.32 Å². The molecule has 6 heteroatoms. The van der Waals surface area contributed by atoms with E-state index in [1.54, 1.807) is 0 Å². The highest BCUT2D eigenvalue weighted by Crippen LogP contribution is 2.24. The second kappa shape index (κ2) is 7.37.